The van der Waals surface area contributed by atoms with Gasteiger partial charge in [-0.3, -0.25) is 14.2 Å². The van der Waals surface area contributed by atoms with Crippen LogP contribution in [0.4, 0.5) is 0 Å². The Kier molecular flexibility index (Phi) is 6.66. The van der Waals surface area contributed by atoms with E-state index in [1.807, 2.05) is 31.2 Å². The van der Waals surface area contributed by atoms with E-state index in [4.69, 9.17) is 4.74 Å². The SMILES string of the molecule is CCOC(=O)c1sc2ncn(CC(=O)NC(C)c3ccc(CC)cc3)c(=O)c2c1C. The summed E-state index contributed by atoms with van der Waals surface area (Å²) in [6.07, 6.45) is 2.30. The summed E-state index contributed by atoms with van der Waals surface area (Å²) >= 11 is 1.13. The van der Waals surface area contributed by atoms with Crippen LogP contribution in [0.3, 0.4) is 0 Å². The minimum Gasteiger partial charge on any atom is -0.462 e. The second-order valence-corrected chi connectivity index (χ2v) is 8.02. The van der Waals surface area contributed by atoms with Crippen molar-refractivity contribution in [1.29, 1.82) is 0 Å². The molecule has 1 N–H and O–H groups in total. The van der Waals surface area contributed by atoms with E-state index in [1.54, 1.807) is 13.8 Å². The zero-order valence-corrected chi connectivity index (χ0v) is 18.3. The quantitative estimate of drug-likeness (QED) is 0.584. The van der Waals surface area contributed by atoms with Gasteiger partial charge in [0.25, 0.3) is 5.56 Å². The first kappa shape index (κ1) is 21.7. The molecule has 1 amide bonds. The van der Waals surface area contributed by atoms with Crippen LogP contribution in [-0.4, -0.2) is 28.0 Å². The van der Waals surface area contributed by atoms with E-state index in [0.29, 0.717) is 20.7 Å². The number of carbonyl (C=O) groups is 2. The number of carbonyl (C=O) groups excluding carboxylic acids is 2. The van der Waals surface area contributed by atoms with Gasteiger partial charge in [0.1, 0.15) is 16.3 Å². The molecular weight excluding hydrogens is 402 g/mol. The van der Waals surface area contributed by atoms with Crippen LogP contribution in [0.1, 0.15) is 53.2 Å². The number of aryl methyl sites for hydroxylation is 2. The molecule has 0 radical (unpaired) electrons. The largest absolute Gasteiger partial charge is 0.462 e. The number of amides is 1. The zero-order valence-electron chi connectivity index (χ0n) is 17.5. The van der Waals surface area contributed by atoms with Crippen LogP contribution in [0.15, 0.2) is 35.4 Å². The lowest BCUT2D eigenvalue weighted by atomic mass is 10.1. The van der Waals surface area contributed by atoms with Gasteiger partial charge in [0.2, 0.25) is 5.91 Å². The fraction of sp³-hybridized carbons (Fsp3) is 0.364. The normalized spacial score (nSPS) is 12.0. The maximum atomic E-state index is 12.9. The lowest BCUT2D eigenvalue weighted by molar-refractivity contribution is -0.122. The van der Waals surface area contributed by atoms with Gasteiger partial charge >= 0.3 is 5.97 Å². The van der Waals surface area contributed by atoms with Crippen molar-refractivity contribution in [2.75, 3.05) is 6.61 Å². The average molecular weight is 428 g/mol. The maximum Gasteiger partial charge on any atom is 0.348 e. The molecule has 0 saturated heterocycles. The third-order valence-corrected chi connectivity index (χ3v) is 6.14. The number of nitrogens with zero attached hydrogens (tertiary/aromatic N) is 2. The van der Waals surface area contributed by atoms with Crippen molar-refractivity contribution in [2.45, 2.75) is 46.7 Å². The van der Waals surface area contributed by atoms with Crippen molar-refractivity contribution in [3.63, 3.8) is 0 Å². The van der Waals surface area contributed by atoms with Crippen LogP contribution < -0.4 is 10.9 Å². The number of fused-ring (bicyclic) bond motifs is 1. The second kappa shape index (κ2) is 9.21. The van der Waals surface area contributed by atoms with E-state index in [-0.39, 0.29) is 30.7 Å². The molecule has 30 heavy (non-hydrogen) atoms. The monoisotopic (exact) mass is 427 g/mol. The van der Waals surface area contributed by atoms with Gasteiger partial charge in [-0.1, -0.05) is 31.2 Å². The predicted octanol–water partition coefficient (Wildman–Crippen LogP) is 3.38. The third kappa shape index (κ3) is 4.43. The van der Waals surface area contributed by atoms with E-state index in [0.717, 1.165) is 23.3 Å². The molecule has 3 rings (SSSR count). The number of hydrogen-bond acceptors (Lipinski definition) is 6. The number of ether oxygens (including phenoxy) is 1. The number of rotatable bonds is 7. The van der Waals surface area contributed by atoms with Crippen molar-refractivity contribution in [2.24, 2.45) is 0 Å². The van der Waals surface area contributed by atoms with Gasteiger partial charge in [-0.25, -0.2) is 9.78 Å². The topological polar surface area (TPSA) is 90.3 Å². The highest BCUT2D eigenvalue weighted by Gasteiger charge is 2.21. The minimum atomic E-state index is -0.468. The predicted molar refractivity (Wildman–Crippen MR) is 117 cm³/mol. The van der Waals surface area contributed by atoms with Gasteiger partial charge < -0.3 is 10.1 Å². The van der Waals surface area contributed by atoms with Crippen molar-refractivity contribution >= 4 is 33.4 Å². The smallest absolute Gasteiger partial charge is 0.348 e. The number of aromatic nitrogens is 2. The molecule has 158 valence electrons. The van der Waals surface area contributed by atoms with Crippen molar-refractivity contribution in [3.05, 3.63) is 62.5 Å². The molecule has 0 spiro atoms. The maximum absolute atomic E-state index is 12.9. The fourth-order valence-electron chi connectivity index (χ4n) is 3.23. The highest BCUT2D eigenvalue weighted by molar-refractivity contribution is 7.20. The number of esters is 1. The van der Waals surface area contributed by atoms with Crippen molar-refractivity contribution < 1.29 is 14.3 Å². The average Bonchev–Trinajstić information content (AvgIpc) is 3.07. The van der Waals surface area contributed by atoms with Crippen molar-refractivity contribution in [3.8, 4) is 0 Å². The number of benzene rings is 1. The van der Waals surface area contributed by atoms with Gasteiger partial charge in [-0.05, 0) is 43.9 Å². The Bertz CT molecular complexity index is 1130. The van der Waals surface area contributed by atoms with E-state index < -0.39 is 5.97 Å². The summed E-state index contributed by atoms with van der Waals surface area (Å²) in [7, 11) is 0. The molecule has 0 aliphatic rings. The molecule has 3 aromatic rings. The van der Waals surface area contributed by atoms with E-state index in [2.05, 4.69) is 17.2 Å². The highest BCUT2D eigenvalue weighted by atomic mass is 32.1. The molecule has 0 saturated carbocycles. The van der Waals surface area contributed by atoms with Gasteiger partial charge in [-0.2, -0.15) is 0 Å². The first-order chi connectivity index (χ1) is 14.3. The number of nitrogens with one attached hydrogen (secondary N) is 1. The van der Waals surface area contributed by atoms with Crippen LogP contribution in [0.2, 0.25) is 0 Å². The molecule has 0 bridgehead atoms. The van der Waals surface area contributed by atoms with E-state index >= 15 is 0 Å². The molecule has 7 nitrogen and oxygen atoms in total. The second-order valence-electron chi connectivity index (χ2n) is 7.02. The van der Waals surface area contributed by atoms with E-state index in [9.17, 15) is 14.4 Å². The molecule has 1 atom stereocenters. The van der Waals surface area contributed by atoms with Gasteiger partial charge in [0, 0.05) is 0 Å². The Morgan fingerprint density at radius 1 is 1.23 bits per heavy atom. The summed E-state index contributed by atoms with van der Waals surface area (Å²) in [5.74, 6) is -0.756. The summed E-state index contributed by atoms with van der Waals surface area (Å²) in [6.45, 7) is 7.52. The number of thiophene rings is 1. The summed E-state index contributed by atoms with van der Waals surface area (Å²) < 4.78 is 6.31. The molecule has 1 aromatic carbocycles. The summed E-state index contributed by atoms with van der Waals surface area (Å²) in [6, 6.07) is 7.89. The van der Waals surface area contributed by atoms with Crippen LogP contribution in [-0.2, 0) is 22.5 Å². The molecule has 1 unspecified atom stereocenters. The summed E-state index contributed by atoms with van der Waals surface area (Å²) in [5, 5.41) is 3.26. The van der Waals surface area contributed by atoms with Crippen molar-refractivity contribution in [1.82, 2.24) is 14.9 Å². The lowest BCUT2D eigenvalue weighted by Gasteiger charge is -2.15. The summed E-state index contributed by atoms with van der Waals surface area (Å²) in [5.41, 5.74) is 2.41. The van der Waals surface area contributed by atoms with Gasteiger partial charge in [0.05, 0.1) is 24.4 Å². The fourth-order valence-corrected chi connectivity index (χ4v) is 4.26. The first-order valence-electron chi connectivity index (χ1n) is 9.89. The molecule has 2 heterocycles. The Labute approximate surface area is 178 Å². The molecule has 0 fully saturated rings. The lowest BCUT2D eigenvalue weighted by Crippen LogP contribution is -2.34. The number of hydrogen-bond donors (Lipinski definition) is 1. The van der Waals surface area contributed by atoms with Gasteiger partial charge in [0.15, 0.2) is 0 Å². The zero-order chi connectivity index (χ0) is 21.8. The van der Waals surface area contributed by atoms with E-state index in [1.165, 1.54) is 16.5 Å². The van der Waals surface area contributed by atoms with Crippen LogP contribution in [0.25, 0.3) is 10.2 Å². The Morgan fingerprint density at radius 3 is 2.57 bits per heavy atom. The minimum absolute atomic E-state index is 0.150. The standard InChI is InChI=1S/C22H25N3O4S/c1-5-15-7-9-16(10-8-15)14(4)24-17(26)11-25-12-23-20-18(21(25)27)13(3)19(30-20)22(28)29-6-2/h7-10,12,14H,5-6,11H2,1-4H3,(H,24,26). The first-order valence-corrected chi connectivity index (χ1v) is 10.7. The highest BCUT2D eigenvalue weighted by Crippen LogP contribution is 2.27. The molecule has 0 aliphatic heterocycles. The summed E-state index contributed by atoms with van der Waals surface area (Å²) in [4.78, 5) is 42.6. The van der Waals surface area contributed by atoms with Gasteiger partial charge in [-0.15, -0.1) is 11.3 Å². The Balaban J connectivity index is 1.78. The van der Waals surface area contributed by atoms with Crippen LogP contribution in [0, 0.1) is 6.92 Å². The third-order valence-electron chi connectivity index (χ3n) is 4.96. The van der Waals surface area contributed by atoms with Crippen LogP contribution >= 0.6 is 11.3 Å². The molecular formula is C22H25N3O4S. The molecule has 8 heteroatoms. The molecule has 2 aromatic heterocycles. The Hall–Kier alpha value is -3.00. The molecule has 0 aliphatic carbocycles. The Morgan fingerprint density at radius 2 is 1.93 bits per heavy atom. The van der Waals surface area contributed by atoms with Crippen LogP contribution in [0.5, 0.6) is 0 Å².